The first-order chi connectivity index (χ1) is 8.99. The third-order valence-electron chi connectivity index (χ3n) is 2.68. The quantitative estimate of drug-likeness (QED) is 0.739. The molecule has 19 heavy (non-hydrogen) atoms. The molecule has 0 atom stereocenters. The van der Waals surface area contributed by atoms with Crippen molar-refractivity contribution >= 4 is 23.0 Å². The van der Waals surface area contributed by atoms with Crippen LogP contribution in [0.5, 0.6) is 0 Å². The molecule has 0 amide bonds. The summed E-state index contributed by atoms with van der Waals surface area (Å²) in [4.78, 5) is 14.9. The molecule has 0 aliphatic heterocycles. The first-order valence-electron chi connectivity index (χ1n) is 5.49. The number of hydrogen-bond acceptors (Lipinski definition) is 4. The summed E-state index contributed by atoms with van der Waals surface area (Å²) < 4.78 is 13.8. The molecule has 2 aromatic rings. The Labute approximate surface area is 108 Å². The number of nitrogens with zero attached hydrogens (tertiary/aromatic N) is 1. The minimum absolute atomic E-state index is 0.0442. The minimum atomic E-state index is -1.21. The van der Waals surface area contributed by atoms with E-state index in [0.29, 0.717) is 5.69 Å². The Morgan fingerprint density at radius 1 is 1.42 bits per heavy atom. The van der Waals surface area contributed by atoms with E-state index in [1.807, 2.05) is 6.92 Å². The Morgan fingerprint density at radius 2 is 2.16 bits per heavy atom. The maximum absolute atomic E-state index is 13.8. The van der Waals surface area contributed by atoms with Crippen molar-refractivity contribution in [1.29, 1.82) is 0 Å². The number of carboxylic acid groups (broad SMARTS) is 1. The number of aromatic nitrogens is 1. The Hall–Kier alpha value is -2.63. The van der Waals surface area contributed by atoms with E-state index >= 15 is 0 Å². The lowest BCUT2D eigenvalue weighted by molar-refractivity contribution is 0.0698. The van der Waals surface area contributed by atoms with Gasteiger partial charge in [0.25, 0.3) is 0 Å². The highest BCUT2D eigenvalue weighted by atomic mass is 19.1. The maximum atomic E-state index is 13.8. The zero-order valence-electron chi connectivity index (χ0n) is 10.1. The van der Waals surface area contributed by atoms with Crippen LogP contribution in [-0.4, -0.2) is 16.1 Å². The summed E-state index contributed by atoms with van der Waals surface area (Å²) in [6, 6.07) is 3.91. The molecule has 0 fully saturated rings. The van der Waals surface area contributed by atoms with E-state index in [2.05, 4.69) is 10.3 Å². The number of aryl methyl sites for hydroxylation is 1. The number of halogens is 1. The Bertz CT molecular complexity index is 644. The van der Waals surface area contributed by atoms with E-state index in [0.717, 1.165) is 11.6 Å². The van der Waals surface area contributed by atoms with Crippen LogP contribution in [0.2, 0.25) is 0 Å². The van der Waals surface area contributed by atoms with Crippen LogP contribution in [0.3, 0.4) is 0 Å². The summed E-state index contributed by atoms with van der Waals surface area (Å²) in [5.74, 6) is -1.82. The van der Waals surface area contributed by atoms with Crippen molar-refractivity contribution in [1.82, 2.24) is 4.98 Å². The average Bonchev–Trinajstić information content (AvgIpc) is 2.34. The molecule has 0 bridgehead atoms. The number of pyridine rings is 1. The van der Waals surface area contributed by atoms with Gasteiger partial charge in [0.1, 0.15) is 5.82 Å². The van der Waals surface area contributed by atoms with E-state index in [9.17, 15) is 9.18 Å². The van der Waals surface area contributed by atoms with Gasteiger partial charge in [-0.05, 0) is 30.7 Å². The fourth-order valence-corrected chi connectivity index (χ4v) is 1.61. The molecule has 98 valence electrons. The standard InChI is InChI=1S/C13H12FN3O2/c1-7-2-3-16-6-12(7)17-11-4-8(13(18)19)10(15)5-9(11)14/h2-6,17H,15H2,1H3,(H,18,19). The van der Waals surface area contributed by atoms with Crippen molar-refractivity contribution in [2.24, 2.45) is 0 Å². The largest absolute Gasteiger partial charge is 0.478 e. The number of carboxylic acids is 1. The molecular weight excluding hydrogens is 249 g/mol. The van der Waals surface area contributed by atoms with E-state index in [1.165, 1.54) is 12.3 Å². The maximum Gasteiger partial charge on any atom is 0.337 e. The number of rotatable bonds is 3. The summed E-state index contributed by atoms with van der Waals surface area (Å²) in [6.07, 6.45) is 3.15. The van der Waals surface area contributed by atoms with Crippen LogP contribution in [0.15, 0.2) is 30.6 Å². The van der Waals surface area contributed by atoms with Crippen LogP contribution in [0, 0.1) is 12.7 Å². The number of aromatic carboxylic acids is 1. The van der Waals surface area contributed by atoms with Gasteiger partial charge in [0.2, 0.25) is 0 Å². The molecule has 0 aliphatic carbocycles. The van der Waals surface area contributed by atoms with Gasteiger partial charge in [0.05, 0.1) is 23.1 Å². The zero-order chi connectivity index (χ0) is 14.0. The van der Waals surface area contributed by atoms with Crippen LogP contribution >= 0.6 is 0 Å². The van der Waals surface area contributed by atoms with Gasteiger partial charge in [-0.25, -0.2) is 9.18 Å². The Morgan fingerprint density at radius 3 is 2.79 bits per heavy atom. The lowest BCUT2D eigenvalue weighted by Gasteiger charge is -2.11. The predicted octanol–water partition coefficient (Wildman–Crippen LogP) is 2.55. The summed E-state index contributed by atoms with van der Waals surface area (Å²) in [5, 5.41) is 11.8. The second-order valence-electron chi connectivity index (χ2n) is 4.04. The second kappa shape index (κ2) is 4.93. The van der Waals surface area contributed by atoms with Crippen LogP contribution in [0.4, 0.5) is 21.5 Å². The van der Waals surface area contributed by atoms with Gasteiger partial charge in [0.15, 0.2) is 0 Å². The van der Waals surface area contributed by atoms with E-state index < -0.39 is 11.8 Å². The first kappa shape index (κ1) is 12.8. The van der Waals surface area contributed by atoms with Gasteiger partial charge in [-0.15, -0.1) is 0 Å². The van der Waals surface area contributed by atoms with Crippen molar-refractivity contribution < 1.29 is 14.3 Å². The smallest absolute Gasteiger partial charge is 0.337 e. The molecule has 0 radical (unpaired) electrons. The van der Waals surface area contributed by atoms with Gasteiger partial charge in [-0.3, -0.25) is 4.98 Å². The molecular formula is C13H12FN3O2. The second-order valence-corrected chi connectivity index (χ2v) is 4.04. The number of nitrogen functional groups attached to an aromatic ring is 1. The van der Waals surface area contributed by atoms with Crippen molar-refractivity contribution in [3.8, 4) is 0 Å². The zero-order valence-corrected chi connectivity index (χ0v) is 10.1. The van der Waals surface area contributed by atoms with Crippen LogP contribution in [-0.2, 0) is 0 Å². The molecule has 0 unspecified atom stereocenters. The average molecular weight is 261 g/mol. The van der Waals surface area contributed by atoms with Gasteiger partial charge in [0, 0.05) is 11.9 Å². The molecule has 0 aliphatic rings. The highest BCUT2D eigenvalue weighted by Gasteiger charge is 2.13. The van der Waals surface area contributed by atoms with E-state index in [4.69, 9.17) is 10.8 Å². The third kappa shape index (κ3) is 2.62. The van der Waals surface area contributed by atoms with Crippen molar-refractivity contribution in [2.75, 3.05) is 11.1 Å². The van der Waals surface area contributed by atoms with Crippen molar-refractivity contribution in [2.45, 2.75) is 6.92 Å². The highest BCUT2D eigenvalue weighted by molar-refractivity contribution is 5.95. The molecule has 1 aromatic carbocycles. The molecule has 0 saturated heterocycles. The lowest BCUT2D eigenvalue weighted by Crippen LogP contribution is -2.05. The van der Waals surface area contributed by atoms with Gasteiger partial charge < -0.3 is 16.2 Å². The summed E-state index contributed by atoms with van der Waals surface area (Å²) in [7, 11) is 0. The predicted molar refractivity (Wildman–Crippen MR) is 70.0 cm³/mol. The normalized spacial score (nSPS) is 10.2. The molecule has 1 heterocycles. The van der Waals surface area contributed by atoms with Crippen LogP contribution in [0.1, 0.15) is 15.9 Å². The monoisotopic (exact) mass is 261 g/mol. The third-order valence-corrected chi connectivity index (χ3v) is 2.68. The molecule has 6 heteroatoms. The highest BCUT2D eigenvalue weighted by Crippen LogP contribution is 2.26. The molecule has 5 nitrogen and oxygen atoms in total. The fourth-order valence-electron chi connectivity index (χ4n) is 1.61. The van der Waals surface area contributed by atoms with Gasteiger partial charge in [-0.2, -0.15) is 0 Å². The fraction of sp³-hybridized carbons (Fsp3) is 0.0769. The topological polar surface area (TPSA) is 88.2 Å². The number of carbonyl (C=O) groups is 1. The van der Waals surface area contributed by atoms with Crippen molar-refractivity contribution in [3.63, 3.8) is 0 Å². The number of anilines is 3. The number of benzene rings is 1. The number of nitrogens with one attached hydrogen (secondary N) is 1. The Balaban J connectivity index is 2.43. The molecule has 1 aromatic heterocycles. The van der Waals surface area contributed by atoms with Crippen LogP contribution < -0.4 is 11.1 Å². The van der Waals surface area contributed by atoms with Gasteiger partial charge in [-0.1, -0.05) is 0 Å². The molecule has 2 rings (SSSR count). The van der Waals surface area contributed by atoms with E-state index in [-0.39, 0.29) is 16.9 Å². The minimum Gasteiger partial charge on any atom is -0.478 e. The molecule has 4 N–H and O–H groups in total. The first-order valence-corrected chi connectivity index (χ1v) is 5.49. The number of nitrogens with two attached hydrogens (primary N) is 1. The SMILES string of the molecule is Cc1ccncc1Nc1cc(C(=O)O)c(N)cc1F. The van der Waals surface area contributed by atoms with Gasteiger partial charge >= 0.3 is 5.97 Å². The molecule has 0 spiro atoms. The van der Waals surface area contributed by atoms with Crippen LogP contribution in [0.25, 0.3) is 0 Å². The summed E-state index contributed by atoms with van der Waals surface area (Å²) >= 11 is 0. The summed E-state index contributed by atoms with van der Waals surface area (Å²) in [5.41, 5.74) is 6.70. The summed E-state index contributed by atoms with van der Waals surface area (Å²) in [6.45, 7) is 1.83. The molecule has 0 saturated carbocycles. The van der Waals surface area contributed by atoms with Crippen molar-refractivity contribution in [3.05, 3.63) is 47.5 Å². The number of hydrogen-bond donors (Lipinski definition) is 3. The Kier molecular flexibility index (Phi) is 3.33. The van der Waals surface area contributed by atoms with E-state index in [1.54, 1.807) is 12.3 Å². The lowest BCUT2D eigenvalue weighted by atomic mass is 10.1.